The van der Waals surface area contributed by atoms with Crippen molar-refractivity contribution in [1.82, 2.24) is 5.32 Å². The van der Waals surface area contributed by atoms with Crippen molar-refractivity contribution in [3.63, 3.8) is 0 Å². The standard InChI is InChI=1S/C21H26F2N2O4/c1-12(26)25-21-9-13-5-14(10-21)8-20(7-13,11-21)18(27)24-15-3-4-16(28-2)17(6-15)29-19(22)23/h3-4,6,13-14,19H,5,7-11H2,1-2H3,(H,24,27)(H,25,26)/t13-,14-,20?,21?/m1/s1. The zero-order chi connectivity index (χ0) is 20.8. The largest absolute Gasteiger partial charge is 0.493 e. The van der Waals surface area contributed by atoms with Gasteiger partial charge in [-0.2, -0.15) is 8.78 Å². The van der Waals surface area contributed by atoms with Gasteiger partial charge in [-0.15, -0.1) is 0 Å². The summed E-state index contributed by atoms with van der Waals surface area (Å²) in [4.78, 5) is 25.1. The molecule has 158 valence electrons. The summed E-state index contributed by atoms with van der Waals surface area (Å²) in [5, 5.41) is 6.04. The van der Waals surface area contributed by atoms with Gasteiger partial charge in [-0.1, -0.05) is 0 Å². The first-order chi connectivity index (χ1) is 13.7. The zero-order valence-corrected chi connectivity index (χ0v) is 16.6. The molecule has 4 aliphatic carbocycles. The first-order valence-electron chi connectivity index (χ1n) is 9.96. The van der Waals surface area contributed by atoms with Crippen LogP contribution in [0.15, 0.2) is 18.2 Å². The number of rotatable bonds is 6. The van der Waals surface area contributed by atoms with Gasteiger partial charge in [0.2, 0.25) is 11.8 Å². The molecule has 2 amide bonds. The molecule has 0 heterocycles. The molecule has 4 saturated carbocycles. The molecule has 0 aliphatic heterocycles. The molecule has 4 bridgehead atoms. The minimum atomic E-state index is -2.99. The van der Waals surface area contributed by atoms with Crippen LogP contribution in [-0.4, -0.2) is 31.1 Å². The van der Waals surface area contributed by atoms with Crippen molar-refractivity contribution in [3.05, 3.63) is 18.2 Å². The molecule has 0 saturated heterocycles. The van der Waals surface area contributed by atoms with Crippen LogP contribution in [0.4, 0.5) is 14.5 Å². The number of benzene rings is 1. The average Bonchev–Trinajstić information content (AvgIpc) is 2.59. The van der Waals surface area contributed by atoms with Crippen LogP contribution in [0.25, 0.3) is 0 Å². The fourth-order valence-corrected chi connectivity index (χ4v) is 6.25. The zero-order valence-electron chi connectivity index (χ0n) is 16.6. The molecule has 0 unspecified atom stereocenters. The molecule has 0 aromatic heterocycles. The molecule has 6 nitrogen and oxygen atoms in total. The Morgan fingerprint density at radius 3 is 2.41 bits per heavy atom. The summed E-state index contributed by atoms with van der Waals surface area (Å²) in [5.41, 5.74) is -0.469. The topological polar surface area (TPSA) is 76.7 Å². The van der Waals surface area contributed by atoms with Gasteiger partial charge in [-0.3, -0.25) is 9.59 Å². The second-order valence-electron chi connectivity index (χ2n) is 8.90. The van der Waals surface area contributed by atoms with Gasteiger partial charge in [0.05, 0.1) is 12.5 Å². The number of ether oxygens (including phenoxy) is 2. The Labute approximate surface area is 168 Å². The van der Waals surface area contributed by atoms with E-state index in [1.165, 1.54) is 26.2 Å². The molecule has 5 rings (SSSR count). The van der Waals surface area contributed by atoms with E-state index in [0.717, 1.165) is 32.1 Å². The molecule has 0 spiro atoms. The SMILES string of the molecule is COc1ccc(NC(=O)C23C[C@H]4C[C@@H](CC(NC(C)=O)(C4)C2)C3)cc1OC(F)F. The van der Waals surface area contributed by atoms with E-state index < -0.39 is 12.0 Å². The molecular weight excluding hydrogens is 382 g/mol. The van der Waals surface area contributed by atoms with Gasteiger partial charge in [-0.05, 0) is 62.5 Å². The molecule has 1 aromatic carbocycles. The third-order valence-electron chi connectivity index (χ3n) is 6.62. The fraction of sp³-hybridized carbons (Fsp3) is 0.619. The number of carbonyl (C=O) groups excluding carboxylic acids is 2. The molecule has 8 heteroatoms. The van der Waals surface area contributed by atoms with Crippen molar-refractivity contribution in [1.29, 1.82) is 0 Å². The summed E-state index contributed by atoms with van der Waals surface area (Å²) in [6.45, 7) is -1.47. The van der Waals surface area contributed by atoms with Gasteiger partial charge in [0.1, 0.15) is 0 Å². The Balaban J connectivity index is 1.56. The highest BCUT2D eigenvalue weighted by molar-refractivity contribution is 5.96. The van der Waals surface area contributed by atoms with E-state index >= 15 is 0 Å². The summed E-state index contributed by atoms with van der Waals surface area (Å²) in [5.74, 6) is 0.703. The van der Waals surface area contributed by atoms with E-state index in [2.05, 4.69) is 15.4 Å². The molecule has 4 fully saturated rings. The van der Waals surface area contributed by atoms with Gasteiger partial charge < -0.3 is 20.1 Å². The highest BCUT2D eigenvalue weighted by atomic mass is 19.3. The summed E-state index contributed by atoms with van der Waals surface area (Å²) in [7, 11) is 1.36. The molecular formula is C21H26F2N2O4. The summed E-state index contributed by atoms with van der Waals surface area (Å²) in [6.07, 6.45) is 5.17. The summed E-state index contributed by atoms with van der Waals surface area (Å²) >= 11 is 0. The molecule has 0 radical (unpaired) electrons. The maximum absolute atomic E-state index is 13.3. The van der Waals surface area contributed by atoms with Crippen LogP contribution < -0.4 is 20.1 Å². The van der Waals surface area contributed by atoms with Crippen LogP contribution in [0, 0.1) is 17.3 Å². The smallest absolute Gasteiger partial charge is 0.387 e. The Bertz CT molecular complexity index is 815. The van der Waals surface area contributed by atoms with Gasteiger partial charge >= 0.3 is 6.61 Å². The maximum atomic E-state index is 13.3. The highest BCUT2D eigenvalue weighted by Crippen LogP contribution is 2.62. The molecule has 29 heavy (non-hydrogen) atoms. The van der Waals surface area contributed by atoms with Crippen molar-refractivity contribution < 1.29 is 27.8 Å². The van der Waals surface area contributed by atoms with Crippen molar-refractivity contribution in [2.75, 3.05) is 12.4 Å². The second-order valence-corrected chi connectivity index (χ2v) is 8.90. The normalized spacial score (nSPS) is 32.2. The Kier molecular flexibility index (Phi) is 4.91. The number of carbonyl (C=O) groups is 2. The lowest BCUT2D eigenvalue weighted by molar-refractivity contribution is -0.148. The minimum absolute atomic E-state index is 0.0635. The van der Waals surface area contributed by atoms with E-state index in [1.54, 1.807) is 6.07 Å². The van der Waals surface area contributed by atoms with Gasteiger partial charge in [-0.25, -0.2) is 0 Å². The van der Waals surface area contributed by atoms with Crippen molar-refractivity contribution in [2.45, 2.75) is 57.6 Å². The number of alkyl halides is 2. The number of hydrogen-bond donors (Lipinski definition) is 2. The number of methoxy groups -OCH3 is 1. The van der Waals surface area contributed by atoms with Crippen LogP contribution in [0.2, 0.25) is 0 Å². The predicted octanol–water partition coefficient (Wildman–Crippen LogP) is 3.71. The number of hydrogen-bond acceptors (Lipinski definition) is 4. The van der Waals surface area contributed by atoms with Crippen molar-refractivity contribution in [2.24, 2.45) is 17.3 Å². The number of nitrogens with one attached hydrogen (secondary N) is 2. The number of halogens is 2. The lowest BCUT2D eigenvalue weighted by Crippen LogP contribution is -2.65. The Morgan fingerprint density at radius 1 is 1.14 bits per heavy atom. The lowest BCUT2D eigenvalue weighted by Gasteiger charge is -2.61. The summed E-state index contributed by atoms with van der Waals surface area (Å²) in [6, 6.07) is 4.46. The molecule has 2 N–H and O–H groups in total. The fourth-order valence-electron chi connectivity index (χ4n) is 6.25. The molecule has 2 atom stereocenters. The summed E-state index contributed by atoms with van der Waals surface area (Å²) < 4.78 is 34.9. The average molecular weight is 408 g/mol. The van der Waals surface area contributed by atoms with Crippen molar-refractivity contribution in [3.8, 4) is 11.5 Å². The van der Waals surface area contributed by atoms with E-state index in [-0.39, 0.29) is 28.9 Å². The third kappa shape index (κ3) is 3.76. The Hall–Kier alpha value is -2.38. The number of anilines is 1. The first kappa shape index (κ1) is 19.9. The van der Waals surface area contributed by atoms with E-state index in [1.807, 2.05) is 0 Å². The van der Waals surface area contributed by atoms with Crippen LogP contribution in [0.5, 0.6) is 11.5 Å². The minimum Gasteiger partial charge on any atom is -0.493 e. The second kappa shape index (κ2) is 7.15. The lowest BCUT2D eigenvalue weighted by atomic mass is 9.46. The quantitative estimate of drug-likeness (QED) is 0.752. The monoisotopic (exact) mass is 408 g/mol. The van der Waals surface area contributed by atoms with Gasteiger partial charge in [0.25, 0.3) is 0 Å². The van der Waals surface area contributed by atoms with E-state index in [0.29, 0.717) is 23.9 Å². The van der Waals surface area contributed by atoms with E-state index in [9.17, 15) is 18.4 Å². The van der Waals surface area contributed by atoms with Crippen LogP contribution >= 0.6 is 0 Å². The van der Waals surface area contributed by atoms with Gasteiger partial charge in [0.15, 0.2) is 11.5 Å². The van der Waals surface area contributed by atoms with E-state index in [4.69, 9.17) is 4.74 Å². The predicted molar refractivity (Wildman–Crippen MR) is 102 cm³/mol. The van der Waals surface area contributed by atoms with Crippen LogP contribution in [-0.2, 0) is 9.59 Å². The highest BCUT2D eigenvalue weighted by Gasteiger charge is 2.60. The molecule has 1 aromatic rings. The van der Waals surface area contributed by atoms with Crippen LogP contribution in [0.3, 0.4) is 0 Å². The number of amides is 2. The third-order valence-corrected chi connectivity index (χ3v) is 6.62. The Morgan fingerprint density at radius 2 is 1.83 bits per heavy atom. The van der Waals surface area contributed by atoms with Crippen LogP contribution in [0.1, 0.15) is 45.4 Å². The van der Waals surface area contributed by atoms with Gasteiger partial charge in [0, 0.05) is 24.2 Å². The first-order valence-corrected chi connectivity index (χ1v) is 9.96. The molecule has 4 aliphatic rings. The maximum Gasteiger partial charge on any atom is 0.387 e. The van der Waals surface area contributed by atoms with Crippen molar-refractivity contribution >= 4 is 17.5 Å².